The average Bonchev–Trinajstić information content (AvgIpc) is 2.67. The molecule has 0 radical (unpaired) electrons. The second kappa shape index (κ2) is 8.84. The van der Waals surface area contributed by atoms with E-state index in [1.54, 1.807) is 64.8 Å². The van der Waals surface area contributed by atoms with Crippen molar-refractivity contribution in [3.8, 4) is 23.0 Å². The summed E-state index contributed by atoms with van der Waals surface area (Å²) in [5, 5.41) is 2.84. The molecule has 0 aromatic heterocycles. The van der Waals surface area contributed by atoms with Gasteiger partial charge >= 0.3 is 6.03 Å². The highest BCUT2D eigenvalue weighted by Gasteiger charge is 2.15. The van der Waals surface area contributed by atoms with Crippen molar-refractivity contribution in [1.82, 2.24) is 0 Å². The Kier molecular flexibility index (Phi) is 6.54. The van der Waals surface area contributed by atoms with Gasteiger partial charge in [0.15, 0.2) is 11.5 Å². The van der Waals surface area contributed by atoms with Crippen LogP contribution < -0.4 is 29.2 Å². The predicted molar refractivity (Wildman–Crippen MR) is 101 cm³/mol. The van der Waals surface area contributed by atoms with Crippen molar-refractivity contribution in [3.05, 3.63) is 36.4 Å². The largest absolute Gasteiger partial charge is 0.497 e. The number of amides is 2. The fraction of sp³-hybridized carbons (Fsp3) is 0.316. The molecule has 7 nitrogen and oxygen atoms in total. The molecule has 140 valence electrons. The van der Waals surface area contributed by atoms with Gasteiger partial charge in [-0.1, -0.05) is 0 Å². The summed E-state index contributed by atoms with van der Waals surface area (Å²) in [5.74, 6) is 2.37. The maximum absolute atomic E-state index is 12.6. The molecular weight excluding hydrogens is 336 g/mol. The fourth-order valence-corrected chi connectivity index (χ4v) is 2.33. The quantitative estimate of drug-likeness (QED) is 0.814. The van der Waals surface area contributed by atoms with Gasteiger partial charge in [0.1, 0.15) is 11.5 Å². The SMILES string of the molecule is CCOc1cc(NC(=O)N(C)c2cc(OC)cc(OC)c2)ccc1OC. The Labute approximate surface area is 153 Å². The standard InChI is InChI=1S/C19H24N2O5/c1-6-26-18-9-13(7-8-17(18)25-5)20-19(22)21(2)14-10-15(23-3)12-16(11-14)24-4/h7-12H,6H2,1-5H3,(H,20,22). The number of urea groups is 1. The highest BCUT2D eigenvalue weighted by molar-refractivity contribution is 6.01. The molecule has 2 aromatic carbocycles. The minimum Gasteiger partial charge on any atom is -0.497 e. The first-order valence-corrected chi connectivity index (χ1v) is 8.11. The van der Waals surface area contributed by atoms with E-state index in [1.165, 1.54) is 4.90 Å². The number of hydrogen-bond donors (Lipinski definition) is 1. The smallest absolute Gasteiger partial charge is 0.326 e. The molecule has 26 heavy (non-hydrogen) atoms. The molecule has 2 aromatic rings. The first-order chi connectivity index (χ1) is 12.5. The molecule has 2 rings (SSSR count). The zero-order valence-electron chi connectivity index (χ0n) is 15.7. The molecule has 0 aliphatic heterocycles. The Morgan fingerprint density at radius 3 is 2.15 bits per heavy atom. The van der Waals surface area contributed by atoms with Crippen molar-refractivity contribution >= 4 is 17.4 Å². The van der Waals surface area contributed by atoms with E-state index in [0.717, 1.165) is 0 Å². The molecule has 0 fully saturated rings. The summed E-state index contributed by atoms with van der Waals surface area (Å²) < 4.78 is 21.3. The van der Waals surface area contributed by atoms with Crippen molar-refractivity contribution in [2.45, 2.75) is 6.92 Å². The van der Waals surface area contributed by atoms with Crippen LogP contribution in [0.25, 0.3) is 0 Å². The molecule has 0 heterocycles. The van der Waals surface area contributed by atoms with Crippen LogP contribution in [0, 0.1) is 0 Å². The minimum atomic E-state index is -0.312. The van der Waals surface area contributed by atoms with Crippen molar-refractivity contribution in [1.29, 1.82) is 0 Å². The van der Waals surface area contributed by atoms with Crippen molar-refractivity contribution in [2.75, 3.05) is 45.2 Å². The number of methoxy groups -OCH3 is 3. The number of benzene rings is 2. The second-order valence-electron chi connectivity index (χ2n) is 5.36. The van der Waals surface area contributed by atoms with Gasteiger partial charge in [0.05, 0.1) is 33.6 Å². The third-order valence-electron chi connectivity index (χ3n) is 3.74. The van der Waals surface area contributed by atoms with Gasteiger partial charge in [0.2, 0.25) is 0 Å². The number of nitrogens with one attached hydrogen (secondary N) is 1. The molecule has 0 saturated carbocycles. The van der Waals surface area contributed by atoms with E-state index < -0.39 is 0 Å². The van der Waals surface area contributed by atoms with Gasteiger partial charge in [-0.2, -0.15) is 0 Å². The summed E-state index contributed by atoms with van der Waals surface area (Å²) in [6.07, 6.45) is 0. The summed E-state index contributed by atoms with van der Waals surface area (Å²) in [6, 6.07) is 10.2. The Morgan fingerprint density at radius 2 is 1.62 bits per heavy atom. The molecule has 0 aliphatic rings. The normalized spacial score (nSPS) is 10.0. The monoisotopic (exact) mass is 360 g/mol. The second-order valence-corrected chi connectivity index (χ2v) is 5.36. The van der Waals surface area contributed by atoms with Crippen molar-refractivity contribution in [3.63, 3.8) is 0 Å². The van der Waals surface area contributed by atoms with E-state index >= 15 is 0 Å². The lowest BCUT2D eigenvalue weighted by molar-refractivity contribution is 0.258. The fourth-order valence-electron chi connectivity index (χ4n) is 2.33. The van der Waals surface area contributed by atoms with Crippen LogP contribution in [0.5, 0.6) is 23.0 Å². The van der Waals surface area contributed by atoms with Crippen molar-refractivity contribution < 1.29 is 23.7 Å². The number of hydrogen-bond acceptors (Lipinski definition) is 5. The van der Waals surface area contributed by atoms with E-state index in [0.29, 0.717) is 41.0 Å². The summed E-state index contributed by atoms with van der Waals surface area (Å²) in [4.78, 5) is 14.1. The van der Waals surface area contributed by atoms with E-state index in [1.807, 2.05) is 6.92 Å². The lowest BCUT2D eigenvalue weighted by Crippen LogP contribution is -2.31. The highest BCUT2D eigenvalue weighted by Crippen LogP contribution is 2.31. The molecule has 7 heteroatoms. The topological polar surface area (TPSA) is 69.3 Å². The number of anilines is 2. The van der Waals surface area contributed by atoms with Crippen LogP contribution in [0.1, 0.15) is 6.92 Å². The molecule has 0 atom stereocenters. The third-order valence-corrected chi connectivity index (χ3v) is 3.74. The predicted octanol–water partition coefficient (Wildman–Crippen LogP) is 3.78. The van der Waals surface area contributed by atoms with Crippen LogP contribution >= 0.6 is 0 Å². The summed E-state index contributed by atoms with van der Waals surface area (Å²) >= 11 is 0. The van der Waals surface area contributed by atoms with Crippen LogP contribution in [0.3, 0.4) is 0 Å². The molecule has 0 saturated heterocycles. The lowest BCUT2D eigenvalue weighted by atomic mass is 10.2. The molecule has 0 unspecified atom stereocenters. The number of ether oxygens (including phenoxy) is 4. The molecule has 0 aliphatic carbocycles. The van der Waals surface area contributed by atoms with Gasteiger partial charge in [-0.25, -0.2) is 4.79 Å². The van der Waals surface area contributed by atoms with Gasteiger partial charge in [-0.3, -0.25) is 4.90 Å². The summed E-state index contributed by atoms with van der Waals surface area (Å²) in [5.41, 5.74) is 1.23. The van der Waals surface area contributed by atoms with Crippen molar-refractivity contribution in [2.24, 2.45) is 0 Å². The molecule has 1 N–H and O–H groups in total. The average molecular weight is 360 g/mol. The molecule has 0 bridgehead atoms. The summed E-state index contributed by atoms with van der Waals surface area (Å²) in [7, 11) is 6.35. The minimum absolute atomic E-state index is 0.312. The third kappa shape index (κ3) is 4.50. The van der Waals surface area contributed by atoms with E-state index in [4.69, 9.17) is 18.9 Å². The number of carbonyl (C=O) groups is 1. The van der Waals surface area contributed by atoms with E-state index in [-0.39, 0.29) is 6.03 Å². The number of rotatable bonds is 7. The van der Waals surface area contributed by atoms with Gasteiger partial charge in [-0.05, 0) is 19.1 Å². The highest BCUT2D eigenvalue weighted by atomic mass is 16.5. The molecular formula is C19H24N2O5. The maximum atomic E-state index is 12.6. The van der Waals surface area contributed by atoms with E-state index in [9.17, 15) is 4.79 Å². The first-order valence-electron chi connectivity index (χ1n) is 8.11. The Hall–Kier alpha value is -3.09. The Morgan fingerprint density at radius 1 is 0.962 bits per heavy atom. The Balaban J connectivity index is 2.20. The van der Waals surface area contributed by atoms with Crippen LogP contribution in [-0.2, 0) is 0 Å². The maximum Gasteiger partial charge on any atom is 0.326 e. The lowest BCUT2D eigenvalue weighted by Gasteiger charge is -2.20. The zero-order valence-corrected chi connectivity index (χ0v) is 15.7. The Bertz CT molecular complexity index is 741. The zero-order chi connectivity index (χ0) is 19.1. The van der Waals surface area contributed by atoms with Gasteiger partial charge in [-0.15, -0.1) is 0 Å². The molecule has 2 amide bonds. The van der Waals surface area contributed by atoms with E-state index in [2.05, 4.69) is 5.32 Å². The number of nitrogens with zero attached hydrogens (tertiary/aromatic N) is 1. The molecule has 0 spiro atoms. The van der Waals surface area contributed by atoms with Gasteiger partial charge < -0.3 is 24.3 Å². The van der Waals surface area contributed by atoms with Crippen LogP contribution in [0.4, 0.5) is 16.2 Å². The van der Waals surface area contributed by atoms with Crippen LogP contribution in [-0.4, -0.2) is 41.0 Å². The first kappa shape index (κ1) is 19.2. The van der Waals surface area contributed by atoms with Crippen LogP contribution in [0.2, 0.25) is 0 Å². The summed E-state index contributed by atoms with van der Waals surface area (Å²) in [6.45, 7) is 2.38. The van der Waals surface area contributed by atoms with Gasteiger partial charge in [0.25, 0.3) is 0 Å². The number of carbonyl (C=O) groups excluding carboxylic acids is 1. The van der Waals surface area contributed by atoms with Gasteiger partial charge in [0, 0.05) is 37.0 Å². The van der Waals surface area contributed by atoms with Crippen LogP contribution in [0.15, 0.2) is 36.4 Å².